The van der Waals surface area contributed by atoms with Gasteiger partial charge in [0.15, 0.2) is 0 Å². The van der Waals surface area contributed by atoms with Gasteiger partial charge in [-0.3, -0.25) is 18.5 Å². The molecule has 1 N–H and O–H groups in total. The molecule has 172 valence electrons. The van der Waals surface area contributed by atoms with Gasteiger partial charge in [-0.15, -0.1) is 0 Å². The van der Waals surface area contributed by atoms with E-state index < -0.39 is 15.9 Å². The number of thiazole rings is 1. The van der Waals surface area contributed by atoms with Gasteiger partial charge in [-0.1, -0.05) is 11.3 Å². The van der Waals surface area contributed by atoms with Gasteiger partial charge in [-0.05, 0) is 70.2 Å². The van der Waals surface area contributed by atoms with Crippen LogP contribution in [-0.4, -0.2) is 37.8 Å². The van der Waals surface area contributed by atoms with Gasteiger partial charge in [0.25, 0.3) is 0 Å². The third-order valence-electron chi connectivity index (χ3n) is 4.60. The maximum Gasteiger partial charge on any atom is 0.308 e. The molecule has 0 bridgehead atoms. The predicted molar refractivity (Wildman–Crippen MR) is 129 cm³/mol. The average molecular weight is 478 g/mol. The van der Waals surface area contributed by atoms with Crippen LogP contribution in [0.5, 0.6) is 5.75 Å². The van der Waals surface area contributed by atoms with Crippen LogP contribution < -0.4 is 19.2 Å². The zero-order chi connectivity index (χ0) is 23.6. The summed E-state index contributed by atoms with van der Waals surface area (Å²) in [6, 6.07) is 11.8. The second kappa shape index (κ2) is 9.33. The summed E-state index contributed by atoms with van der Waals surface area (Å²) in [5.74, 6) is 0.121. The number of sulfonamides is 1. The minimum absolute atomic E-state index is 0.00830. The van der Waals surface area contributed by atoms with E-state index in [0.29, 0.717) is 17.1 Å². The maximum absolute atomic E-state index is 12.7. The van der Waals surface area contributed by atoms with Gasteiger partial charge in [0, 0.05) is 11.7 Å². The molecule has 0 aliphatic rings. The Morgan fingerprint density at radius 3 is 2.34 bits per heavy atom. The molecule has 10 heteroatoms. The van der Waals surface area contributed by atoms with Crippen molar-refractivity contribution in [3.63, 3.8) is 0 Å². The molecule has 0 atom stereocenters. The van der Waals surface area contributed by atoms with Crippen molar-refractivity contribution in [2.45, 2.75) is 39.8 Å². The summed E-state index contributed by atoms with van der Waals surface area (Å²) in [5.41, 5.74) is 1.66. The number of carbonyl (C=O) groups excluding carboxylic acids is 1. The predicted octanol–water partition coefficient (Wildman–Crippen LogP) is 3.84. The monoisotopic (exact) mass is 477 g/mol. The largest absolute Gasteiger partial charge is 0.491 e. The number of fused-ring (bicyclic) bond motifs is 1. The Bertz CT molecular complexity index is 1280. The lowest BCUT2D eigenvalue weighted by Crippen LogP contribution is -2.37. The first kappa shape index (κ1) is 23.8. The van der Waals surface area contributed by atoms with Gasteiger partial charge in [0.1, 0.15) is 12.3 Å². The number of aromatic nitrogens is 1. The Morgan fingerprint density at radius 1 is 1.12 bits per heavy atom. The highest BCUT2D eigenvalue weighted by molar-refractivity contribution is 7.92. The summed E-state index contributed by atoms with van der Waals surface area (Å²) in [5, 5.41) is 2.73. The van der Waals surface area contributed by atoms with Gasteiger partial charge >= 0.3 is 4.87 Å². The highest BCUT2D eigenvalue weighted by atomic mass is 32.2. The lowest BCUT2D eigenvalue weighted by atomic mass is 10.2. The van der Waals surface area contributed by atoms with Gasteiger partial charge in [0.05, 0.1) is 28.3 Å². The van der Waals surface area contributed by atoms with E-state index in [9.17, 15) is 18.0 Å². The SMILES string of the molecule is CC(C)Oc1ccc(N(CC(=O)Nc2ccc3c(c2)sc(=O)n3C(C)C)S(C)(=O)=O)cc1. The van der Waals surface area contributed by atoms with Gasteiger partial charge in [0.2, 0.25) is 15.9 Å². The fraction of sp³-hybridized carbons (Fsp3) is 0.364. The average Bonchev–Trinajstić information content (AvgIpc) is 3.00. The van der Waals surface area contributed by atoms with Gasteiger partial charge in [-0.25, -0.2) is 8.42 Å². The molecule has 0 saturated heterocycles. The first-order valence-electron chi connectivity index (χ1n) is 10.1. The molecule has 1 heterocycles. The lowest BCUT2D eigenvalue weighted by molar-refractivity contribution is -0.114. The standard InChI is InChI=1S/C22H27N3O5S2/c1-14(2)25-19-11-6-16(12-20(19)31-22(25)27)23-21(26)13-24(32(5,28)29)17-7-9-18(10-8-17)30-15(3)4/h6-12,14-15H,13H2,1-5H3,(H,23,26). The van der Waals surface area contributed by atoms with Crippen molar-refractivity contribution < 1.29 is 17.9 Å². The van der Waals surface area contributed by atoms with Crippen LogP contribution in [0, 0.1) is 0 Å². The number of rotatable bonds is 8. The second-order valence-electron chi connectivity index (χ2n) is 7.99. The number of hydrogen-bond acceptors (Lipinski definition) is 6. The molecule has 2 aromatic carbocycles. The fourth-order valence-electron chi connectivity index (χ4n) is 3.30. The van der Waals surface area contributed by atoms with Crippen LogP contribution in [0.4, 0.5) is 11.4 Å². The van der Waals surface area contributed by atoms with E-state index in [0.717, 1.165) is 32.1 Å². The number of amides is 1. The van der Waals surface area contributed by atoms with Crippen LogP contribution in [0.2, 0.25) is 0 Å². The molecule has 0 unspecified atom stereocenters. The molecule has 3 aromatic rings. The van der Waals surface area contributed by atoms with Crippen molar-refractivity contribution in [3.8, 4) is 5.75 Å². The summed E-state index contributed by atoms with van der Waals surface area (Å²) >= 11 is 1.11. The van der Waals surface area contributed by atoms with E-state index in [1.54, 1.807) is 47.0 Å². The lowest BCUT2D eigenvalue weighted by Gasteiger charge is -2.22. The Hall–Kier alpha value is -2.85. The minimum atomic E-state index is -3.70. The Morgan fingerprint density at radius 2 is 1.78 bits per heavy atom. The van der Waals surface area contributed by atoms with Crippen molar-refractivity contribution in [1.29, 1.82) is 0 Å². The minimum Gasteiger partial charge on any atom is -0.491 e. The van der Waals surface area contributed by atoms with Crippen LogP contribution >= 0.6 is 11.3 Å². The first-order valence-corrected chi connectivity index (χ1v) is 12.8. The number of ether oxygens (including phenoxy) is 1. The molecule has 0 aliphatic carbocycles. The third kappa shape index (κ3) is 5.49. The van der Waals surface area contributed by atoms with Crippen molar-refractivity contribution in [2.24, 2.45) is 0 Å². The van der Waals surface area contributed by atoms with Crippen LogP contribution in [0.1, 0.15) is 33.7 Å². The molecule has 1 amide bonds. The van der Waals surface area contributed by atoms with Crippen LogP contribution in [-0.2, 0) is 14.8 Å². The number of carbonyl (C=O) groups is 1. The molecular weight excluding hydrogens is 450 g/mol. The number of nitrogens with one attached hydrogen (secondary N) is 1. The molecule has 1 aromatic heterocycles. The second-order valence-corrected chi connectivity index (χ2v) is 10.9. The summed E-state index contributed by atoms with van der Waals surface area (Å²) in [6.45, 7) is 7.28. The summed E-state index contributed by atoms with van der Waals surface area (Å²) in [7, 11) is -3.70. The highest BCUT2D eigenvalue weighted by Gasteiger charge is 2.21. The fourth-order valence-corrected chi connectivity index (χ4v) is 5.21. The number of benzene rings is 2. The van der Waals surface area contributed by atoms with Crippen molar-refractivity contribution in [2.75, 3.05) is 22.4 Å². The Labute approximate surface area is 191 Å². The normalized spacial score (nSPS) is 11.8. The quantitative estimate of drug-likeness (QED) is 0.532. The highest BCUT2D eigenvalue weighted by Crippen LogP contribution is 2.25. The van der Waals surface area contributed by atoms with E-state index in [1.165, 1.54) is 0 Å². The van der Waals surface area contributed by atoms with Crippen LogP contribution in [0.3, 0.4) is 0 Å². The van der Waals surface area contributed by atoms with Crippen molar-refractivity contribution >= 4 is 48.9 Å². The molecule has 0 fully saturated rings. The van der Waals surface area contributed by atoms with E-state index >= 15 is 0 Å². The van der Waals surface area contributed by atoms with Crippen molar-refractivity contribution in [3.05, 3.63) is 52.1 Å². The molecule has 3 rings (SSSR count). The zero-order valence-electron chi connectivity index (χ0n) is 18.7. The molecule has 8 nitrogen and oxygen atoms in total. The van der Waals surface area contributed by atoms with Gasteiger partial charge in [-0.2, -0.15) is 0 Å². The third-order valence-corrected chi connectivity index (χ3v) is 6.66. The van der Waals surface area contributed by atoms with E-state index in [-0.39, 0.29) is 23.6 Å². The molecule has 32 heavy (non-hydrogen) atoms. The van der Waals surface area contributed by atoms with Gasteiger partial charge < -0.3 is 10.1 Å². The molecule has 0 spiro atoms. The smallest absolute Gasteiger partial charge is 0.308 e. The topological polar surface area (TPSA) is 97.7 Å². The molecule has 0 radical (unpaired) electrons. The molecular formula is C22H27N3O5S2. The number of anilines is 2. The van der Waals surface area contributed by atoms with Crippen LogP contribution in [0.15, 0.2) is 47.3 Å². The number of hydrogen-bond donors (Lipinski definition) is 1. The summed E-state index contributed by atoms with van der Waals surface area (Å²) in [4.78, 5) is 24.8. The first-order chi connectivity index (χ1) is 15.0. The Kier molecular flexibility index (Phi) is 6.94. The zero-order valence-corrected chi connectivity index (χ0v) is 20.3. The maximum atomic E-state index is 12.7. The Balaban J connectivity index is 1.79. The summed E-state index contributed by atoms with van der Waals surface area (Å²) in [6.07, 6.45) is 1.04. The molecule has 0 aliphatic heterocycles. The van der Waals surface area contributed by atoms with Crippen LogP contribution in [0.25, 0.3) is 10.2 Å². The van der Waals surface area contributed by atoms with E-state index in [4.69, 9.17) is 4.74 Å². The van der Waals surface area contributed by atoms with E-state index in [2.05, 4.69) is 5.32 Å². The number of nitrogens with zero attached hydrogens (tertiary/aromatic N) is 2. The summed E-state index contributed by atoms with van der Waals surface area (Å²) < 4.78 is 33.8. The molecule has 0 saturated carbocycles. The van der Waals surface area contributed by atoms with E-state index in [1.807, 2.05) is 27.7 Å². The van der Waals surface area contributed by atoms with Crippen molar-refractivity contribution in [1.82, 2.24) is 4.57 Å².